The van der Waals surface area contributed by atoms with E-state index in [4.69, 9.17) is 10.5 Å². The van der Waals surface area contributed by atoms with Gasteiger partial charge >= 0.3 is 5.97 Å². The summed E-state index contributed by atoms with van der Waals surface area (Å²) in [4.78, 5) is 11.7. The third-order valence-corrected chi connectivity index (χ3v) is 4.07. The van der Waals surface area contributed by atoms with Crippen LogP contribution in [0.1, 0.15) is 44.9 Å². The maximum absolute atomic E-state index is 11.7. The van der Waals surface area contributed by atoms with Gasteiger partial charge in [0.25, 0.3) is 0 Å². The number of carbonyl (C=O) groups is 1. The van der Waals surface area contributed by atoms with E-state index in [1.54, 1.807) is 0 Å². The Morgan fingerprint density at radius 2 is 1.85 bits per heavy atom. The van der Waals surface area contributed by atoms with Crippen molar-refractivity contribution >= 4 is 17.7 Å². The predicted molar refractivity (Wildman–Crippen MR) is 85.9 cm³/mol. The van der Waals surface area contributed by atoms with Gasteiger partial charge < -0.3 is 10.5 Å². The van der Waals surface area contributed by atoms with Crippen LogP contribution in [0.4, 0.5) is 0 Å². The van der Waals surface area contributed by atoms with E-state index in [-0.39, 0.29) is 17.3 Å². The Bertz CT molecular complexity index is 437. The van der Waals surface area contributed by atoms with Crippen LogP contribution in [-0.2, 0) is 9.53 Å². The molecule has 0 spiro atoms. The fourth-order valence-corrected chi connectivity index (χ4v) is 2.56. The van der Waals surface area contributed by atoms with Crippen molar-refractivity contribution in [1.82, 2.24) is 0 Å². The number of esters is 1. The molecule has 0 heterocycles. The van der Waals surface area contributed by atoms with Crippen molar-refractivity contribution in [3.8, 4) is 0 Å². The first-order valence-electron chi connectivity index (χ1n) is 6.84. The quantitative estimate of drug-likeness (QED) is 0.845. The zero-order valence-electron chi connectivity index (χ0n) is 13.0. The number of hydrogen-bond acceptors (Lipinski definition) is 4. The Morgan fingerprint density at radius 3 is 2.35 bits per heavy atom. The van der Waals surface area contributed by atoms with Gasteiger partial charge in [0.1, 0.15) is 5.60 Å². The smallest absolute Gasteiger partial charge is 0.316 e. The minimum absolute atomic E-state index is 0.0805. The summed E-state index contributed by atoms with van der Waals surface area (Å²) < 4.78 is 5.29. The zero-order chi connectivity index (χ0) is 15.3. The molecule has 0 radical (unpaired) electrons. The van der Waals surface area contributed by atoms with E-state index in [9.17, 15) is 4.79 Å². The number of aryl methyl sites for hydroxylation is 1. The van der Waals surface area contributed by atoms with Crippen LogP contribution in [-0.4, -0.2) is 22.6 Å². The van der Waals surface area contributed by atoms with Crippen molar-refractivity contribution in [2.45, 2.75) is 51.5 Å². The van der Waals surface area contributed by atoms with E-state index in [0.29, 0.717) is 5.75 Å². The van der Waals surface area contributed by atoms with Gasteiger partial charge in [-0.1, -0.05) is 36.8 Å². The third kappa shape index (κ3) is 5.97. The molecule has 112 valence electrons. The molecule has 0 fully saturated rings. The highest BCUT2D eigenvalue weighted by Gasteiger charge is 2.20. The van der Waals surface area contributed by atoms with Crippen molar-refractivity contribution in [3.63, 3.8) is 0 Å². The SMILES string of the molecule is Cc1ccc(C(N)C(C)SCC(=O)OC(C)(C)C)cc1. The maximum Gasteiger partial charge on any atom is 0.316 e. The Hall–Kier alpha value is -1.00. The average molecular weight is 295 g/mol. The average Bonchev–Trinajstić information content (AvgIpc) is 2.34. The molecule has 2 atom stereocenters. The lowest BCUT2D eigenvalue weighted by molar-refractivity contribution is -0.151. The van der Waals surface area contributed by atoms with Crippen LogP contribution in [0.2, 0.25) is 0 Å². The van der Waals surface area contributed by atoms with Crippen LogP contribution in [0.15, 0.2) is 24.3 Å². The van der Waals surface area contributed by atoms with Crippen LogP contribution in [0.25, 0.3) is 0 Å². The Labute approximate surface area is 126 Å². The van der Waals surface area contributed by atoms with Gasteiger partial charge in [0.15, 0.2) is 0 Å². The lowest BCUT2D eigenvalue weighted by Gasteiger charge is -2.22. The summed E-state index contributed by atoms with van der Waals surface area (Å²) in [6, 6.07) is 8.12. The molecule has 0 aliphatic rings. The Kier molecular flexibility index (Phi) is 6.08. The summed E-state index contributed by atoms with van der Waals surface area (Å²) in [5, 5.41) is 0.158. The molecule has 0 saturated carbocycles. The molecular formula is C16H25NO2S. The topological polar surface area (TPSA) is 52.3 Å². The summed E-state index contributed by atoms with van der Waals surface area (Å²) in [6.45, 7) is 9.71. The van der Waals surface area contributed by atoms with Crippen molar-refractivity contribution in [3.05, 3.63) is 35.4 Å². The van der Waals surface area contributed by atoms with Gasteiger partial charge in [-0.3, -0.25) is 4.79 Å². The summed E-state index contributed by atoms with van der Waals surface area (Å²) in [5.74, 6) is 0.142. The van der Waals surface area contributed by atoms with E-state index in [0.717, 1.165) is 5.56 Å². The summed E-state index contributed by atoms with van der Waals surface area (Å²) in [5.41, 5.74) is 8.11. The molecule has 0 aliphatic heterocycles. The number of benzene rings is 1. The minimum atomic E-state index is -0.431. The standard InChI is InChI=1S/C16H25NO2S/c1-11-6-8-13(9-7-11)15(17)12(2)20-10-14(18)19-16(3,4)5/h6-9,12,15H,10,17H2,1-5H3. The second-order valence-electron chi connectivity index (χ2n) is 6.04. The van der Waals surface area contributed by atoms with Gasteiger partial charge in [0.05, 0.1) is 5.75 Å². The number of thioether (sulfide) groups is 1. The van der Waals surface area contributed by atoms with E-state index in [1.165, 1.54) is 17.3 Å². The monoisotopic (exact) mass is 295 g/mol. The highest BCUT2D eigenvalue weighted by atomic mass is 32.2. The molecular weight excluding hydrogens is 270 g/mol. The van der Waals surface area contributed by atoms with Crippen molar-refractivity contribution in [2.24, 2.45) is 5.73 Å². The lowest BCUT2D eigenvalue weighted by Crippen LogP contribution is -2.27. The van der Waals surface area contributed by atoms with Gasteiger partial charge in [0, 0.05) is 11.3 Å². The first-order valence-corrected chi connectivity index (χ1v) is 7.89. The number of hydrogen-bond donors (Lipinski definition) is 1. The predicted octanol–water partition coefficient (Wildman–Crippen LogP) is 3.46. The van der Waals surface area contributed by atoms with E-state index in [2.05, 4.69) is 19.1 Å². The summed E-state index contributed by atoms with van der Waals surface area (Å²) in [7, 11) is 0. The summed E-state index contributed by atoms with van der Waals surface area (Å²) >= 11 is 1.53. The molecule has 2 N–H and O–H groups in total. The molecule has 0 saturated heterocycles. The normalized spacial score (nSPS) is 14.7. The van der Waals surface area contributed by atoms with E-state index in [1.807, 2.05) is 39.8 Å². The highest BCUT2D eigenvalue weighted by molar-refractivity contribution is 8.00. The minimum Gasteiger partial charge on any atom is -0.459 e. The van der Waals surface area contributed by atoms with Crippen LogP contribution in [0.3, 0.4) is 0 Å². The second kappa shape index (κ2) is 7.14. The molecule has 0 aliphatic carbocycles. The fourth-order valence-electron chi connectivity index (χ4n) is 1.73. The lowest BCUT2D eigenvalue weighted by atomic mass is 10.0. The van der Waals surface area contributed by atoms with Gasteiger partial charge in [-0.2, -0.15) is 0 Å². The van der Waals surface area contributed by atoms with E-state index >= 15 is 0 Å². The fraction of sp³-hybridized carbons (Fsp3) is 0.562. The molecule has 2 unspecified atom stereocenters. The molecule has 0 amide bonds. The van der Waals surface area contributed by atoms with Gasteiger partial charge in [-0.05, 0) is 33.3 Å². The third-order valence-electron chi connectivity index (χ3n) is 2.85. The zero-order valence-corrected chi connectivity index (χ0v) is 13.8. The van der Waals surface area contributed by atoms with Crippen molar-refractivity contribution in [1.29, 1.82) is 0 Å². The van der Waals surface area contributed by atoms with Gasteiger partial charge in [0.2, 0.25) is 0 Å². The van der Waals surface area contributed by atoms with Crippen molar-refractivity contribution < 1.29 is 9.53 Å². The van der Waals surface area contributed by atoms with Gasteiger partial charge in [-0.15, -0.1) is 11.8 Å². The molecule has 3 nitrogen and oxygen atoms in total. The molecule has 1 rings (SSSR count). The van der Waals surface area contributed by atoms with Crippen molar-refractivity contribution in [2.75, 3.05) is 5.75 Å². The Balaban J connectivity index is 2.48. The first-order chi connectivity index (χ1) is 9.19. The largest absolute Gasteiger partial charge is 0.459 e. The molecule has 1 aromatic carbocycles. The molecule has 20 heavy (non-hydrogen) atoms. The molecule has 1 aromatic rings. The van der Waals surface area contributed by atoms with Crippen LogP contribution < -0.4 is 5.73 Å². The summed E-state index contributed by atoms with van der Waals surface area (Å²) in [6.07, 6.45) is 0. The number of carbonyl (C=O) groups excluding carboxylic acids is 1. The number of nitrogens with two attached hydrogens (primary N) is 1. The van der Waals surface area contributed by atoms with Crippen LogP contribution in [0.5, 0.6) is 0 Å². The van der Waals surface area contributed by atoms with Gasteiger partial charge in [-0.25, -0.2) is 0 Å². The Morgan fingerprint density at radius 1 is 1.30 bits per heavy atom. The number of rotatable bonds is 5. The number of ether oxygens (including phenoxy) is 1. The molecule has 0 bridgehead atoms. The van der Waals surface area contributed by atoms with Crippen LogP contribution >= 0.6 is 11.8 Å². The molecule has 4 heteroatoms. The molecule has 0 aromatic heterocycles. The first kappa shape index (κ1) is 17.1. The van der Waals surface area contributed by atoms with E-state index < -0.39 is 5.60 Å². The second-order valence-corrected chi connectivity index (χ2v) is 7.40. The maximum atomic E-state index is 11.7. The van der Waals surface area contributed by atoms with Crippen LogP contribution in [0, 0.1) is 6.92 Å². The highest BCUT2D eigenvalue weighted by Crippen LogP contribution is 2.25.